The molecule has 1 aliphatic heterocycles. The summed E-state index contributed by atoms with van der Waals surface area (Å²) in [5, 5.41) is 2.48. The molecule has 0 saturated carbocycles. The molecule has 3 heteroatoms. The molecule has 1 saturated heterocycles. The predicted octanol–water partition coefficient (Wildman–Crippen LogP) is 2.28. The first kappa shape index (κ1) is 10.8. The molecule has 1 heterocycles. The van der Waals surface area contributed by atoms with Crippen LogP contribution in [0.15, 0.2) is 36.4 Å². The van der Waals surface area contributed by atoms with Gasteiger partial charge in [0.1, 0.15) is 0 Å². The van der Waals surface area contributed by atoms with Crippen molar-refractivity contribution in [2.75, 3.05) is 13.2 Å². The van der Waals surface area contributed by atoms with Crippen molar-refractivity contribution in [1.29, 1.82) is 0 Å². The van der Waals surface area contributed by atoms with Crippen molar-refractivity contribution in [2.45, 2.75) is 13.3 Å². The first-order chi connectivity index (χ1) is 8.36. The van der Waals surface area contributed by atoms with E-state index in [1.54, 1.807) is 0 Å². The molecule has 2 aromatic carbocycles. The van der Waals surface area contributed by atoms with Gasteiger partial charge in [-0.05, 0) is 29.6 Å². The van der Waals surface area contributed by atoms with Gasteiger partial charge in [0.15, 0.2) is 0 Å². The van der Waals surface area contributed by atoms with Crippen LogP contribution in [0.5, 0.6) is 0 Å². The number of fused-ring (bicyclic) bond motifs is 1. The third kappa shape index (κ3) is 1.96. The van der Waals surface area contributed by atoms with E-state index in [0.29, 0.717) is 0 Å². The molecule has 0 bridgehead atoms. The lowest BCUT2D eigenvalue weighted by Crippen LogP contribution is -2.42. The molecule has 1 fully saturated rings. The Morgan fingerprint density at radius 3 is 2.59 bits per heavy atom. The Kier molecular flexibility index (Phi) is 2.87. The molecule has 2 aromatic rings. The van der Waals surface area contributed by atoms with Crippen LogP contribution in [0.3, 0.4) is 0 Å². The van der Waals surface area contributed by atoms with Crippen LogP contribution in [0, 0.1) is 6.92 Å². The standard InChI is InChI=1S/C14H15BO2/c1-11-7-8-12-5-2-3-6-13(12)14(11)15-16-9-4-10-17-15/h2-3,5-8H,4,9-10H2,1H3. The van der Waals surface area contributed by atoms with Crippen molar-refractivity contribution < 1.29 is 9.31 Å². The first-order valence-electron chi connectivity index (χ1n) is 6.08. The molecule has 86 valence electrons. The van der Waals surface area contributed by atoms with Gasteiger partial charge < -0.3 is 9.31 Å². The molecule has 0 spiro atoms. The van der Waals surface area contributed by atoms with E-state index in [-0.39, 0.29) is 7.12 Å². The van der Waals surface area contributed by atoms with Crippen molar-refractivity contribution in [2.24, 2.45) is 0 Å². The maximum Gasteiger partial charge on any atom is 0.494 e. The normalized spacial score (nSPS) is 16.4. The van der Waals surface area contributed by atoms with Crippen molar-refractivity contribution >= 4 is 23.4 Å². The van der Waals surface area contributed by atoms with Crippen LogP contribution in [-0.4, -0.2) is 20.3 Å². The van der Waals surface area contributed by atoms with Gasteiger partial charge in [0.2, 0.25) is 0 Å². The van der Waals surface area contributed by atoms with E-state index in [2.05, 4.69) is 43.3 Å². The summed E-state index contributed by atoms with van der Waals surface area (Å²) in [6.45, 7) is 3.68. The average Bonchev–Trinajstić information content (AvgIpc) is 2.39. The molecule has 3 rings (SSSR count). The van der Waals surface area contributed by atoms with E-state index in [1.165, 1.54) is 21.8 Å². The monoisotopic (exact) mass is 226 g/mol. The van der Waals surface area contributed by atoms with Crippen molar-refractivity contribution in [1.82, 2.24) is 0 Å². The molecule has 17 heavy (non-hydrogen) atoms. The van der Waals surface area contributed by atoms with Crippen LogP contribution >= 0.6 is 0 Å². The zero-order valence-electron chi connectivity index (χ0n) is 9.98. The van der Waals surface area contributed by atoms with Crippen LogP contribution in [0.4, 0.5) is 0 Å². The van der Waals surface area contributed by atoms with E-state index in [1.807, 2.05) is 0 Å². The van der Waals surface area contributed by atoms with Crippen LogP contribution in [0.1, 0.15) is 12.0 Å². The summed E-state index contributed by atoms with van der Waals surface area (Å²) in [5.74, 6) is 0. The predicted molar refractivity (Wildman–Crippen MR) is 70.6 cm³/mol. The summed E-state index contributed by atoms with van der Waals surface area (Å²) in [6.07, 6.45) is 0.986. The van der Waals surface area contributed by atoms with Crippen LogP contribution in [0.2, 0.25) is 0 Å². The first-order valence-corrected chi connectivity index (χ1v) is 6.08. The highest BCUT2D eigenvalue weighted by molar-refractivity contribution is 6.65. The molecular weight excluding hydrogens is 211 g/mol. The van der Waals surface area contributed by atoms with Crippen LogP contribution < -0.4 is 5.46 Å². The average molecular weight is 226 g/mol. The Hall–Kier alpha value is -1.32. The van der Waals surface area contributed by atoms with Crippen molar-refractivity contribution in [3.63, 3.8) is 0 Å². The van der Waals surface area contributed by atoms with Crippen LogP contribution in [0.25, 0.3) is 10.8 Å². The van der Waals surface area contributed by atoms with Crippen molar-refractivity contribution in [3.8, 4) is 0 Å². The third-order valence-corrected chi connectivity index (χ3v) is 3.25. The quantitative estimate of drug-likeness (QED) is 0.694. The molecule has 1 aliphatic rings. The fourth-order valence-corrected chi connectivity index (χ4v) is 2.37. The Morgan fingerprint density at radius 1 is 1.00 bits per heavy atom. The highest BCUT2D eigenvalue weighted by atomic mass is 16.6. The maximum absolute atomic E-state index is 5.73. The topological polar surface area (TPSA) is 18.5 Å². The Bertz CT molecular complexity index is 533. The molecule has 0 radical (unpaired) electrons. The van der Waals surface area contributed by atoms with E-state index in [9.17, 15) is 0 Å². The van der Waals surface area contributed by atoms with Gasteiger partial charge in [0.05, 0.1) is 0 Å². The van der Waals surface area contributed by atoms with Crippen molar-refractivity contribution in [3.05, 3.63) is 42.0 Å². The molecule has 2 nitrogen and oxygen atoms in total. The summed E-state index contributed by atoms with van der Waals surface area (Å²) in [5.41, 5.74) is 2.42. The lowest BCUT2D eigenvalue weighted by atomic mass is 9.72. The summed E-state index contributed by atoms with van der Waals surface area (Å²) >= 11 is 0. The van der Waals surface area contributed by atoms with E-state index < -0.39 is 0 Å². The highest BCUT2D eigenvalue weighted by Crippen LogP contribution is 2.16. The summed E-state index contributed by atoms with van der Waals surface area (Å²) in [7, 11) is -0.199. The largest absolute Gasteiger partial charge is 0.494 e. The molecule has 0 N–H and O–H groups in total. The Labute approximate surface area is 102 Å². The number of aryl methyl sites for hydroxylation is 1. The summed E-state index contributed by atoms with van der Waals surface area (Å²) in [4.78, 5) is 0. The number of hydrogen-bond acceptors (Lipinski definition) is 2. The lowest BCUT2D eigenvalue weighted by Gasteiger charge is -2.22. The summed E-state index contributed by atoms with van der Waals surface area (Å²) in [6, 6.07) is 12.7. The molecular formula is C14H15BO2. The van der Waals surface area contributed by atoms with E-state index in [0.717, 1.165) is 19.6 Å². The van der Waals surface area contributed by atoms with Gasteiger partial charge in [0.25, 0.3) is 0 Å². The molecule has 0 aromatic heterocycles. The van der Waals surface area contributed by atoms with Gasteiger partial charge in [-0.1, -0.05) is 42.0 Å². The molecule has 0 unspecified atom stereocenters. The van der Waals surface area contributed by atoms with Gasteiger partial charge in [0, 0.05) is 13.2 Å². The van der Waals surface area contributed by atoms with E-state index >= 15 is 0 Å². The zero-order valence-corrected chi connectivity index (χ0v) is 9.98. The lowest BCUT2D eigenvalue weighted by molar-refractivity contribution is 0.143. The second kappa shape index (κ2) is 4.51. The number of rotatable bonds is 1. The molecule has 0 atom stereocenters. The Morgan fingerprint density at radius 2 is 1.76 bits per heavy atom. The Balaban J connectivity index is 2.15. The summed E-state index contributed by atoms with van der Waals surface area (Å²) < 4.78 is 11.5. The van der Waals surface area contributed by atoms with Gasteiger partial charge in [-0.2, -0.15) is 0 Å². The zero-order chi connectivity index (χ0) is 11.7. The van der Waals surface area contributed by atoms with Gasteiger partial charge in [-0.15, -0.1) is 0 Å². The number of hydrogen-bond donors (Lipinski definition) is 0. The highest BCUT2D eigenvalue weighted by Gasteiger charge is 2.27. The van der Waals surface area contributed by atoms with Crippen LogP contribution in [-0.2, 0) is 9.31 Å². The fraction of sp³-hybridized carbons (Fsp3) is 0.286. The SMILES string of the molecule is Cc1ccc2ccccc2c1B1OCCCO1. The minimum Gasteiger partial charge on any atom is -0.407 e. The molecule has 0 amide bonds. The second-order valence-corrected chi connectivity index (χ2v) is 4.44. The second-order valence-electron chi connectivity index (χ2n) is 4.44. The molecule has 0 aliphatic carbocycles. The van der Waals surface area contributed by atoms with Gasteiger partial charge in [-0.25, -0.2) is 0 Å². The maximum atomic E-state index is 5.73. The minimum absolute atomic E-state index is 0.199. The van der Waals surface area contributed by atoms with E-state index in [4.69, 9.17) is 9.31 Å². The fourth-order valence-electron chi connectivity index (χ4n) is 2.37. The van der Waals surface area contributed by atoms with Gasteiger partial charge >= 0.3 is 7.12 Å². The number of benzene rings is 2. The minimum atomic E-state index is -0.199. The van der Waals surface area contributed by atoms with Gasteiger partial charge in [-0.3, -0.25) is 0 Å². The smallest absolute Gasteiger partial charge is 0.407 e. The third-order valence-electron chi connectivity index (χ3n) is 3.25.